The summed E-state index contributed by atoms with van der Waals surface area (Å²) in [6, 6.07) is 14.8. The van der Waals surface area contributed by atoms with E-state index in [-0.39, 0.29) is 17.9 Å². The first-order valence-electron chi connectivity index (χ1n) is 9.96. The van der Waals surface area contributed by atoms with Crippen LogP contribution in [0.1, 0.15) is 54.1 Å². The highest BCUT2D eigenvalue weighted by atomic mass is 35.5. The number of aliphatic hydroxyl groups is 1. The zero-order valence-electron chi connectivity index (χ0n) is 16.1. The Hall–Kier alpha value is -2.04. The van der Waals surface area contributed by atoms with Gasteiger partial charge in [-0.15, -0.1) is 0 Å². The second-order valence-electron chi connectivity index (χ2n) is 7.87. The van der Waals surface area contributed by atoms with Crippen molar-refractivity contribution in [1.29, 1.82) is 0 Å². The van der Waals surface area contributed by atoms with Crippen LogP contribution in [0.15, 0.2) is 48.5 Å². The Balaban J connectivity index is 1.80. The van der Waals surface area contributed by atoms with Gasteiger partial charge in [-0.1, -0.05) is 54.8 Å². The topological polar surface area (TPSA) is 49.8 Å². The first-order chi connectivity index (χ1) is 13.5. The fraction of sp³-hybridized carbons (Fsp3) is 0.435. The third kappa shape index (κ3) is 3.29. The van der Waals surface area contributed by atoms with Crippen molar-refractivity contribution in [2.24, 2.45) is 5.92 Å². The highest BCUT2D eigenvalue weighted by Crippen LogP contribution is 2.51. The molecule has 1 N–H and O–H groups in total. The van der Waals surface area contributed by atoms with Gasteiger partial charge in [0.25, 0.3) is 5.91 Å². The SMILES string of the molecule is COc1ccccc1[C@@H]1[C@@H]2CCCC[C@@]2(O)CCN1C(=O)c1ccccc1Cl. The summed E-state index contributed by atoms with van der Waals surface area (Å²) in [6.07, 6.45) is 4.37. The van der Waals surface area contributed by atoms with E-state index in [0.29, 0.717) is 23.6 Å². The Labute approximate surface area is 171 Å². The summed E-state index contributed by atoms with van der Waals surface area (Å²) in [5, 5.41) is 11.9. The summed E-state index contributed by atoms with van der Waals surface area (Å²) < 4.78 is 5.62. The van der Waals surface area contributed by atoms with Gasteiger partial charge in [-0.25, -0.2) is 0 Å². The van der Waals surface area contributed by atoms with Crippen LogP contribution in [0.2, 0.25) is 5.02 Å². The third-order valence-electron chi connectivity index (χ3n) is 6.39. The molecule has 3 atom stereocenters. The number of carbonyl (C=O) groups excluding carboxylic acids is 1. The van der Waals surface area contributed by atoms with E-state index in [9.17, 15) is 9.90 Å². The lowest BCUT2D eigenvalue weighted by molar-refractivity contribution is -0.115. The van der Waals surface area contributed by atoms with Crippen molar-refractivity contribution in [2.45, 2.75) is 43.7 Å². The van der Waals surface area contributed by atoms with E-state index < -0.39 is 5.60 Å². The van der Waals surface area contributed by atoms with Crippen molar-refractivity contribution in [3.05, 3.63) is 64.7 Å². The molecule has 1 saturated carbocycles. The summed E-state index contributed by atoms with van der Waals surface area (Å²) in [6.45, 7) is 0.500. The van der Waals surface area contributed by atoms with Crippen LogP contribution >= 0.6 is 11.6 Å². The molecule has 0 spiro atoms. The van der Waals surface area contributed by atoms with Crippen molar-refractivity contribution in [2.75, 3.05) is 13.7 Å². The molecule has 1 heterocycles. The van der Waals surface area contributed by atoms with E-state index in [1.54, 1.807) is 19.2 Å². The normalized spacial score (nSPS) is 27.2. The number of hydrogen-bond acceptors (Lipinski definition) is 3. The summed E-state index contributed by atoms with van der Waals surface area (Å²) in [5.74, 6) is 0.645. The number of likely N-dealkylation sites (tertiary alicyclic amines) is 1. The van der Waals surface area contributed by atoms with Crippen molar-refractivity contribution in [1.82, 2.24) is 4.90 Å². The number of para-hydroxylation sites is 1. The van der Waals surface area contributed by atoms with Crippen LogP contribution < -0.4 is 4.74 Å². The molecular formula is C23H26ClNO3. The molecule has 28 heavy (non-hydrogen) atoms. The van der Waals surface area contributed by atoms with Gasteiger partial charge in [-0.3, -0.25) is 4.79 Å². The van der Waals surface area contributed by atoms with Crippen LogP contribution in [-0.2, 0) is 0 Å². The highest BCUT2D eigenvalue weighted by molar-refractivity contribution is 6.33. The second kappa shape index (κ2) is 7.76. The average Bonchev–Trinajstić information content (AvgIpc) is 2.72. The Kier molecular flexibility index (Phi) is 5.35. The minimum absolute atomic E-state index is 0.0160. The summed E-state index contributed by atoms with van der Waals surface area (Å²) in [7, 11) is 1.65. The van der Waals surface area contributed by atoms with Gasteiger partial charge in [0.05, 0.1) is 29.3 Å². The fourth-order valence-corrected chi connectivity index (χ4v) is 5.21. The predicted molar refractivity (Wildman–Crippen MR) is 110 cm³/mol. The van der Waals surface area contributed by atoms with E-state index >= 15 is 0 Å². The number of methoxy groups -OCH3 is 1. The minimum Gasteiger partial charge on any atom is -0.496 e. The Bertz CT molecular complexity index is 870. The lowest BCUT2D eigenvalue weighted by atomic mass is 9.66. The maximum absolute atomic E-state index is 13.5. The van der Waals surface area contributed by atoms with Crippen LogP contribution in [0.25, 0.3) is 0 Å². The molecular weight excluding hydrogens is 374 g/mol. The van der Waals surface area contributed by atoms with Crippen LogP contribution in [0.3, 0.4) is 0 Å². The standard InChI is InChI=1S/C23H26ClNO3/c1-28-20-12-5-3-9-17(20)21-18-10-6-7-13-23(18,27)14-15-25(21)22(26)16-8-2-4-11-19(16)24/h2-5,8-9,11-12,18,21,27H,6-7,10,13-15H2,1H3/t18-,21+,23+/m0/s1. The van der Waals surface area contributed by atoms with Crippen molar-refractivity contribution < 1.29 is 14.6 Å². The lowest BCUT2D eigenvalue weighted by Gasteiger charge is -2.52. The fourth-order valence-electron chi connectivity index (χ4n) is 4.99. The maximum atomic E-state index is 13.5. The largest absolute Gasteiger partial charge is 0.496 e. The molecule has 2 aromatic carbocycles. The number of halogens is 1. The lowest BCUT2D eigenvalue weighted by Crippen LogP contribution is -2.56. The number of benzene rings is 2. The number of amides is 1. The number of nitrogens with zero attached hydrogens (tertiary/aromatic N) is 1. The first-order valence-corrected chi connectivity index (χ1v) is 10.3. The van der Waals surface area contributed by atoms with E-state index in [1.165, 1.54) is 0 Å². The molecule has 1 aliphatic carbocycles. The summed E-state index contributed by atoms with van der Waals surface area (Å²) >= 11 is 6.33. The van der Waals surface area contributed by atoms with Crippen LogP contribution in [0, 0.1) is 5.92 Å². The van der Waals surface area contributed by atoms with E-state index in [0.717, 1.165) is 37.0 Å². The quantitative estimate of drug-likeness (QED) is 0.802. The Morgan fingerprint density at radius 3 is 2.68 bits per heavy atom. The molecule has 2 fully saturated rings. The zero-order valence-corrected chi connectivity index (χ0v) is 16.9. The average molecular weight is 400 g/mol. The molecule has 1 amide bonds. The van der Waals surface area contributed by atoms with Crippen molar-refractivity contribution >= 4 is 17.5 Å². The Morgan fingerprint density at radius 1 is 1.14 bits per heavy atom. The monoisotopic (exact) mass is 399 g/mol. The third-order valence-corrected chi connectivity index (χ3v) is 6.72. The van der Waals surface area contributed by atoms with Crippen molar-refractivity contribution in [3.63, 3.8) is 0 Å². The van der Waals surface area contributed by atoms with Crippen LogP contribution in [0.4, 0.5) is 0 Å². The minimum atomic E-state index is -0.735. The van der Waals surface area contributed by atoms with Gasteiger partial charge in [-0.2, -0.15) is 0 Å². The molecule has 1 saturated heterocycles. The molecule has 4 rings (SSSR count). The molecule has 0 bridgehead atoms. The van der Waals surface area contributed by atoms with Gasteiger partial charge in [-0.05, 0) is 37.5 Å². The number of hydrogen-bond donors (Lipinski definition) is 1. The molecule has 1 aliphatic heterocycles. The molecule has 148 valence electrons. The molecule has 0 aromatic heterocycles. The van der Waals surface area contributed by atoms with Gasteiger partial charge in [0.2, 0.25) is 0 Å². The number of ether oxygens (including phenoxy) is 1. The molecule has 2 aromatic rings. The van der Waals surface area contributed by atoms with Crippen LogP contribution in [-0.4, -0.2) is 35.2 Å². The van der Waals surface area contributed by atoms with E-state index in [2.05, 4.69) is 0 Å². The number of carbonyl (C=O) groups is 1. The maximum Gasteiger partial charge on any atom is 0.255 e. The molecule has 4 nitrogen and oxygen atoms in total. The summed E-state index contributed by atoms with van der Waals surface area (Å²) in [5.41, 5.74) is 0.724. The van der Waals surface area contributed by atoms with Gasteiger partial charge in [0, 0.05) is 18.0 Å². The zero-order chi connectivity index (χ0) is 19.7. The van der Waals surface area contributed by atoms with E-state index in [4.69, 9.17) is 16.3 Å². The second-order valence-corrected chi connectivity index (χ2v) is 8.28. The predicted octanol–water partition coefficient (Wildman–Crippen LogP) is 4.86. The smallest absolute Gasteiger partial charge is 0.255 e. The van der Waals surface area contributed by atoms with Crippen LogP contribution in [0.5, 0.6) is 5.75 Å². The van der Waals surface area contributed by atoms with Gasteiger partial charge >= 0.3 is 0 Å². The number of fused-ring (bicyclic) bond motifs is 1. The molecule has 2 aliphatic rings. The van der Waals surface area contributed by atoms with E-state index in [1.807, 2.05) is 41.3 Å². The molecule has 0 unspecified atom stereocenters. The highest BCUT2D eigenvalue weighted by Gasteiger charge is 2.51. The van der Waals surface area contributed by atoms with Gasteiger partial charge in [0.15, 0.2) is 0 Å². The molecule has 0 radical (unpaired) electrons. The molecule has 5 heteroatoms. The van der Waals surface area contributed by atoms with Gasteiger partial charge in [0.1, 0.15) is 5.75 Å². The van der Waals surface area contributed by atoms with Gasteiger partial charge < -0.3 is 14.7 Å². The number of rotatable bonds is 3. The summed E-state index contributed by atoms with van der Waals surface area (Å²) in [4.78, 5) is 15.4. The first kappa shape index (κ1) is 19.3. The van der Waals surface area contributed by atoms with Crippen molar-refractivity contribution in [3.8, 4) is 5.75 Å². The number of piperidine rings is 1. The Morgan fingerprint density at radius 2 is 1.89 bits per heavy atom.